The molecule has 2 aromatic heterocycles. The molecule has 2 aromatic rings. The van der Waals surface area contributed by atoms with E-state index in [1.165, 1.54) is 24.8 Å². The molecule has 74 valence electrons. The number of pyridine rings is 1. The molecule has 2 heterocycles. The molecule has 0 radical (unpaired) electrons. The predicted octanol–water partition coefficient (Wildman–Crippen LogP) is 2.46. The SMILES string of the molecule is CCCCCc1ccn2cnnc2c1. The van der Waals surface area contributed by atoms with Gasteiger partial charge < -0.3 is 0 Å². The average Bonchev–Trinajstić information content (AvgIpc) is 2.65. The van der Waals surface area contributed by atoms with Gasteiger partial charge in [0.15, 0.2) is 5.65 Å². The Hall–Kier alpha value is -1.38. The molecule has 0 aromatic carbocycles. The van der Waals surface area contributed by atoms with Crippen molar-refractivity contribution in [1.29, 1.82) is 0 Å². The van der Waals surface area contributed by atoms with Crippen LogP contribution in [0.25, 0.3) is 5.65 Å². The number of hydrogen-bond donors (Lipinski definition) is 0. The molecule has 2 rings (SSSR count). The molecule has 0 saturated heterocycles. The van der Waals surface area contributed by atoms with Gasteiger partial charge in [-0.1, -0.05) is 19.8 Å². The molecule has 0 spiro atoms. The van der Waals surface area contributed by atoms with Gasteiger partial charge in [0.1, 0.15) is 6.33 Å². The summed E-state index contributed by atoms with van der Waals surface area (Å²) < 4.78 is 1.93. The molecule has 0 aliphatic rings. The van der Waals surface area contributed by atoms with E-state index in [9.17, 15) is 0 Å². The minimum atomic E-state index is 0.944. The summed E-state index contributed by atoms with van der Waals surface area (Å²) in [7, 11) is 0. The Labute approximate surface area is 83.8 Å². The predicted molar refractivity (Wildman–Crippen MR) is 56.2 cm³/mol. The number of rotatable bonds is 4. The Balaban J connectivity index is 2.10. The monoisotopic (exact) mass is 189 g/mol. The summed E-state index contributed by atoms with van der Waals surface area (Å²) in [5, 5.41) is 7.87. The summed E-state index contributed by atoms with van der Waals surface area (Å²) in [6, 6.07) is 4.26. The van der Waals surface area contributed by atoms with E-state index in [1.54, 1.807) is 6.33 Å². The van der Waals surface area contributed by atoms with Gasteiger partial charge in [0.25, 0.3) is 0 Å². The highest BCUT2D eigenvalue weighted by molar-refractivity contribution is 5.39. The summed E-state index contributed by atoms with van der Waals surface area (Å²) in [6.45, 7) is 2.22. The van der Waals surface area contributed by atoms with E-state index in [4.69, 9.17) is 0 Å². The van der Waals surface area contributed by atoms with Crippen LogP contribution in [0.2, 0.25) is 0 Å². The first kappa shape index (κ1) is 9.19. The fraction of sp³-hybridized carbons (Fsp3) is 0.455. The number of aryl methyl sites for hydroxylation is 1. The van der Waals surface area contributed by atoms with Crippen LogP contribution in [0.3, 0.4) is 0 Å². The molecule has 0 saturated carbocycles. The molecule has 14 heavy (non-hydrogen) atoms. The maximum atomic E-state index is 4.02. The number of fused-ring (bicyclic) bond motifs is 1. The van der Waals surface area contributed by atoms with Gasteiger partial charge in [0.05, 0.1) is 0 Å². The number of nitrogens with zero attached hydrogens (tertiary/aromatic N) is 3. The van der Waals surface area contributed by atoms with Gasteiger partial charge in [-0.15, -0.1) is 10.2 Å². The average molecular weight is 189 g/mol. The molecule has 0 fully saturated rings. The van der Waals surface area contributed by atoms with Gasteiger partial charge in [-0.2, -0.15) is 0 Å². The van der Waals surface area contributed by atoms with Crippen LogP contribution in [-0.2, 0) is 6.42 Å². The maximum Gasteiger partial charge on any atom is 0.160 e. The molecule has 0 bridgehead atoms. The highest BCUT2D eigenvalue weighted by atomic mass is 15.2. The lowest BCUT2D eigenvalue weighted by Crippen LogP contribution is -1.89. The van der Waals surface area contributed by atoms with E-state index in [2.05, 4.69) is 29.3 Å². The molecule has 0 N–H and O–H groups in total. The van der Waals surface area contributed by atoms with Crippen molar-refractivity contribution in [3.05, 3.63) is 30.2 Å². The summed E-state index contributed by atoms with van der Waals surface area (Å²) >= 11 is 0. The zero-order valence-electron chi connectivity index (χ0n) is 8.48. The van der Waals surface area contributed by atoms with Crippen molar-refractivity contribution >= 4 is 5.65 Å². The van der Waals surface area contributed by atoms with Crippen LogP contribution in [-0.4, -0.2) is 14.6 Å². The third-order valence-corrected chi connectivity index (χ3v) is 2.43. The van der Waals surface area contributed by atoms with Crippen LogP contribution < -0.4 is 0 Å². The first-order valence-corrected chi connectivity index (χ1v) is 5.18. The third kappa shape index (κ3) is 1.92. The standard InChI is InChI=1S/C11H15N3/c1-2-3-4-5-10-6-7-14-9-12-13-11(14)8-10/h6-9H,2-5H2,1H3. The van der Waals surface area contributed by atoms with Gasteiger partial charge in [0.2, 0.25) is 0 Å². The van der Waals surface area contributed by atoms with E-state index in [0.29, 0.717) is 0 Å². The fourth-order valence-electron chi connectivity index (χ4n) is 1.59. The first-order chi connectivity index (χ1) is 6.90. The molecule has 0 aliphatic carbocycles. The molecule has 3 heteroatoms. The number of unbranched alkanes of at least 4 members (excludes halogenated alkanes) is 2. The summed E-state index contributed by atoms with van der Waals surface area (Å²) in [6.07, 6.45) is 8.74. The van der Waals surface area contributed by atoms with Gasteiger partial charge in [-0.25, -0.2) is 0 Å². The molecule has 0 atom stereocenters. The lowest BCUT2D eigenvalue weighted by Gasteiger charge is -2.00. The van der Waals surface area contributed by atoms with Crippen LogP contribution in [0, 0.1) is 0 Å². The summed E-state index contributed by atoms with van der Waals surface area (Å²) in [5.74, 6) is 0. The van der Waals surface area contributed by atoms with Crippen molar-refractivity contribution in [2.45, 2.75) is 32.6 Å². The normalized spacial score (nSPS) is 10.9. The highest BCUT2D eigenvalue weighted by Gasteiger charge is 1.97. The van der Waals surface area contributed by atoms with Gasteiger partial charge in [-0.05, 0) is 30.5 Å². The van der Waals surface area contributed by atoms with E-state index in [1.807, 2.05) is 10.6 Å². The van der Waals surface area contributed by atoms with Crippen LogP contribution in [0.5, 0.6) is 0 Å². The molecule has 0 amide bonds. The van der Waals surface area contributed by atoms with Gasteiger partial charge >= 0.3 is 0 Å². The summed E-state index contributed by atoms with van der Waals surface area (Å²) in [4.78, 5) is 0. The lowest BCUT2D eigenvalue weighted by atomic mass is 10.1. The minimum absolute atomic E-state index is 0.944. The zero-order chi connectivity index (χ0) is 9.80. The second-order valence-corrected chi connectivity index (χ2v) is 3.59. The van der Waals surface area contributed by atoms with Gasteiger partial charge in [-0.3, -0.25) is 4.40 Å². The highest BCUT2D eigenvalue weighted by Crippen LogP contribution is 2.08. The molecule has 0 unspecified atom stereocenters. The lowest BCUT2D eigenvalue weighted by molar-refractivity contribution is 0.717. The van der Waals surface area contributed by atoms with Crippen molar-refractivity contribution < 1.29 is 0 Å². The van der Waals surface area contributed by atoms with Crippen molar-refractivity contribution in [2.75, 3.05) is 0 Å². The number of aromatic nitrogens is 3. The number of hydrogen-bond acceptors (Lipinski definition) is 2. The van der Waals surface area contributed by atoms with Crippen LogP contribution in [0.15, 0.2) is 24.7 Å². The Morgan fingerprint density at radius 3 is 3.14 bits per heavy atom. The van der Waals surface area contributed by atoms with Gasteiger partial charge in [0, 0.05) is 6.20 Å². The van der Waals surface area contributed by atoms with E-state index >= 15 is 0 Å². The quantitative estimate of drug-likeness (QED) is 0.691. The Morgan fingerprint density at radius 1 is 1.36 bits per heavy atom. The Morgan fingerprint density at radius 2 is 2.29 bits per heavy atom. The van der Waals surface area contributed by atoms with E-state index < -0.39 is 0 Å². The van der Waals surface area contributed by atoms with Crippen molar-refractivity contribution in [3.8, 4) is 0 Å². The maximum absolute atomic E-state index is 4.02. The molecular weight excluding hydrogens is 174 g/mol. The van der Waals surface area contributed by atoms with Crippen molar-refractivity contribution in [2.24, 2.45) is 0 Å². The van der Waals surface area contributed by atoms with Crippen molar-refractivity contribution in [1.82, 2.24) is 14.6 Å². The largest absolute Gasteiger partial charge is 0.289 e. The van der Waals surface area contributed by atoms with Crippen molar-refractivity contribution in [3.63, 3.8) is 0 Å². The minimum Gasteiger partial charge on any atom is -0.289 e. The molecular formula is C11H15N3. The second kappa shape index (κ2) is 4.22. The second-order valence-electron chi connectivity index (χ2n) is 3.59. The topological polar surface area (TPSA) is 30.2 Å². The van der Waals surface area contributed by atoms with Crippen LogP contribution >= 0.6 is 0 Å². The first-order valence-electron chi connectivity index (χ1n) is 5.18. The summed E-state index contributed by atoms with van der Waals surface area (Å²) in [5.41, 5.74) is 2.30. The molecule has 3 nitrogen and oxygen atoms in total. The zero-order valence-corrected chi connectivity index (χ0v) is 8.48. The molecule has 0 aliphatic heterocycles. The third-order valence-electron chi connectivity index (χ3n) is 2.43. The fourth-order valence-corrected chi connectivity index (χ4v) is 1.59. The van der Waals surface area contributed by atoms with Crippen LogP contribution in [0.4, 0.5) is 0 Å². The Bertz CT molecular complexity index is 406. The van der Waals surface area contributed by atoms with Crippen LogP contribution in [0.1, 0.15) is 31.7 Å². The Kier molecular flexibility index (Phi) is 2.77. The van der Waals surface area contributed by atoms with E-state index in [-0.39, 0.29) is 0 Å². The smallest absolute Gasteiger partial charge is 0.160 e. The van der Waals surface area contributed by atoms with E-state index in [0.717, 1.165) is 12.1 Å².